The molecule has 0 bridgehead atoms. The van der Waals surface area contributed by atoms with Crippen LogP contribution in [0.5, 0.6) is 0 Å². The first-order valence-corrected chi connectivity index (χ1v) is 7.76. The fourth-order valence-electron chi connectivity index (χ4n) is 2.64. The van der Waals surface area contributed by atoms with Gasteiger partial charge in [-0.3, -0.25) is 9.59 Å². The fraction of sp³-hybridized carbons (Fsp3) is 0.625. The van der Waals surface area contributed by atoms with Crippen molar-refractivity contribution in [3.05, 3.63) is 24.2 Å². The van der Waals surface area contributed by atoms with E-state index in [9.17, 15) is 14.7 Å². The molecular formula is C16H24N2O4. The summed E-state index contributed by atoms with van der Waals surface area (Å²) in [6.45, 7) is 4.71. The highest BCUT2D eigenvalue weighted by Crippen LogP contribution is 2.21. The van der Waals surface area contributed by atoms with Crippen LogP contribution in [0.4, 0.5) is 0 Å². The van der Waals surface area contributed by atoms with Gasteiger partial charge in [0.2, 0.25) is 11.8 Å². The Morgan fingerprint density at radius 2 is 2.36 bits per heavy atom. The highest BCUT2D eigenvalue weighted by atomic mass is 16.3. The van der Waals surface area contributed by atoms with Crippen molar-refractivity contribution in [3.63, 3.8) is 0 Å². The van der Waals surface area contributed by atoms with Gasteiger partial charge in [0.15, 0.2) is 0 Å². The highest BCUT2D eigenvalue weighted by Gasteiger charge is 2.35. The van der Waals surface area contributed by atoms with Crippen molar-refractivity contribution in [2.24, 2.45) is 11.8 Å². The molecule has 0 aliphatic carbocycles. The van der Waals surface area contributed by atoms with Gasteiger partial charge in [0.25, 0.3) is 0 Å². The summed E-state index contributed by atoms with van der Waals surface area (Å²) in [6, 6.07) is 3.33. The summed E-state index contributed by atoms with van der Waals surface area (Å²) >= 11 is 0. The Kier molecular flexibility index (Phi) is 5.60. The number of hydrogen-bond donors (Lipinski definition) is 2. The van der Waals surface area contributed by atoms with Gasteiger partial charge in [0.05, 0.1) is 31.4 Å². The number of carbonyl (C=O) groups is 2. The van der Waals surface area contributed by atoms with Crippen LogP contribution in [-0.2, 0) is 16.1 Å². The molecule has 0 spiro atoms. The van der Waals surface area contributed by atoms with E-state index in [1.54, 1.807) is 17.2 Å². The van der Waals surface area contributed by atoms with Crippen molar-refractivity contribution in [1.29, 1.82) is 0 Å². The molecule has 6 heteroatoms. The van der Waals surface area contributed by atoms with Crippen molar-refractivity contribution in [3.8, 4) is 0 Å². The van der Waals surface area contributed by atoms with Crippen LogP contribution in [0.2, 0.25) is 0 Å². The summed E-state index contributed by atoms with van der Waals surface area (Å²) in [6.07, 6.45) is 2.66. The average Bonchev–Trinajstić information content (AvgIpc) is 3.14. The lowest BCUT2D eigenvalue weighted by molar-refractivity contribution is -0.129. The standard InChI is InChI=1S/C16H24N2O4/c1-3-11(2)14(10-19)17-16(21)12-7-15(20)18(8-12)9-13-5-4-6-22-13/h4-6,11-12,14,19H,3,7-10H2,1-2H3,(H,17,21)/t11-,12-,14+/m0/s1. The van der Waals surface area contributed by atoms with Crippen LogP contribution < -0.4 is 5.32 Å². The second-order valence-corrected chi connectivity index (χ2v) is 5.94. The molecule has 2 N–H and O–H groups in total. The van der Waals surface area contributed by atoms with E-state index in [-0.39, 0.29) is 42.7 Å². The van der Waals surface area contributed by atoms with Gasteiger partial charge in [-0.15, -0.1) is 0 Å². The van der Waals surface area contributed by atoms with E-state index in [2.05, 4.69) is 5.32 Å². The molecule has 2 heterocycles. The quantitative estimate of drug-likeness (QED) is 0.791. The molecule has 1 saturated heterocycles. The number of likely N-dealkylation sites (tertiary alicyclic amines) is 1. The minimum Gasteiger partial charge on any atom is -0.467 e. The Bertz CT molecular complexity index is 500. The fourth-order valence-corrected chi connectivity index (χ4v) is 2.64. The molecule has 0 saturated carbocycles. The van der Waals surface area contributed by atoms with Crippen molar-refractivity contribution in [2.45, 2.75) is 39.3 Å². The first kappa shape index (κ1) is 16.5. The molecule has 3 atom stereocenters. The van der Waals surface area contributed by atoms with Crippen LogP contribution in [0.3, 0.4) is 0 Å². The molecule has 0 unspecified atom stereocenters. The lowest BCUT2D eigenvalue weighted by atomic mass is 9.98. The van der Waals surface area contributed by atoms with Crippen LogP contribution in [-0.4, -0.2) is 41.0 Å². The first-order valence-electron chi connectivity index (χ1n) is 7.76. The zero-order valence-corrected chi connectivity index (χ0v) is 13.1. The molecule has 122 valence electrons. The monoisotopic (exact) mass is 308 g/mol. The third kappa shape index (κ3) is 3.88. The van der Waals surface area contributed by atoms with E-state index in [0.717, 1.165) is 6.42 Å². The lowest BCUT2D eigenvalue weighted by Gasteiger charge is -2.23. The van der Waals surface area contributed by atoms with Crippen LogP contribution in [0.25, 0.3) is 0 Å². The third-order valence-electron chi connectivity index (χ3n) is 4.37. The van der Waals surface area contributed by atoms with Crippen LogP contribution in [0, 0.1) is 11.8 Å². The summed E-state index contributed by atoms with van der Waals surface area (Å²) in [5.41, 5.74) is 0. The molecule has 2 rings (SSSR count). The molecule has 1 aliphatic heterocycles. The Morgan fingerprint density at radius 3 is 2.95 bits per heavy atom. The number of aliphatic hydroxyl groups excluding tert-OH is 1. The van der Waals surface area contributed by atoms with E-state index in [1.165, 1.54) is 0 Å². The Hall–Kier alpha value is -1.82. The van der Waals surface area contributed by atoms with Gasteiger partial charge in [-0.1, -0.05) is 20.3 Å². The van der Waals surface area contributed by atoms with Crippen LogP contribution >= 0.6 is 0 Å². The maximum absolute atomic E-state index is 12.3. The van der Waals surface area contributed by atoms with Crippen molar-refractivity contribution in [1.82, 2.24) is 10.2 Å². The zero-order valence-electron chi connectivity index (χ0n) is 13.1. The minimum absolute atomic E-state index is 0.0411. The van der Waals surface area contributed by atoms with E-state index in [0.29, 0.717) is 18.8 Å². The molecule has 2 amide bonds. The zero-order chi connectivity index (χ0) is 16.1. The number of amides is 2. The third-order valence-corrected chi connectivity index (χ3v) is 4.37. The lowest BCUT2D eigenvalue weighted by Crippen LogP contribution is -2.45. The Morgan fingerprint density at radius 1 is 1.59 bits per heavy atom. The summed E-state index contributed by atoms with van der Waals surface area (Å²) in [5, 5.41) is 12.3. The first-order chi connectivity index (χ1) is 10.5. The van der Waals surface area contributed by atoms with Gasteiger partial charge < -0.3 is 19.7 Å². The van der Waals surface area contributed by atoms with Crippen molar-refractivity contribution < 1.29 is 19.1 Å². The van der Waals surface area contributed by atoms with E-state index in [1.807, 2.05) is 19.9 Å². The number of rotatable bonds is 7. The summed E-state index contributed by atoms with van der Waals surface area (Å²) in [7, 11) is 0. The SMILES string of the molecule is CC[C@H](C)[C@@H](CO)NC(=O)[C@H]1CC(=O)N(Cc2ccco2)C1. The average molecular weight is 308 g/mol. The molecule has 1 aromatic heterocycles. The van der Waals surface area contributed by atoms with Crippen molar-refractivity contribution in [2.75, 3.05) is 13.2 Å². The number of nitrogens with one attached hydrogen (secondary N) is 1. The van der Waals surface area contributed by atoms with Gasteiger partial charge >= 0.3 is 0 Å². The summed E-state index contributed by atoms with van der Waals surface area (Å²) < 4.78 is 5.24. The largest absolute Gasteiger partial charge is 0.467 e. The highest BCUT2D eigenvalue weighted by molar-refractivity contribution is 5.89. The molecule has 6 nitrogen and oxygen atoms in total. The molecule has 22 heavy (non-hydrogen) atoms. The van der Waals surface area contributed by atoms with Crippen LogP contribution in [0.15, 0.2) is 22.8 Å². The maximum Gasteiger partial charge on any atom is 0.225 e. The van der Waals surface area contributed by atoms with Gasteiger partial charge in [-0.2, -0.15) is 0 Å². The minimum atomic E-state index is -0.361. The predicted molar refractivity (Wildman–Crippen MR) is 80.7 cm³/mol. The second kappa shape index (κ2) is 7.45. The Balaban J connectivity index is 1.90. The van der Waals surface area contributed by atoms with Crippen LogP contribution in [0.1, 0.15) is 32.4 Å². The topological polar surface area (TPSA) is 82.8 Å². The van der Waals surface area contributed by atoms with Crippen molar-refractivity contribution >= 4 is 11.8 Å². The van der Waals surface area contributed by atoms with E-state index < -0.39 is 0 Å². The molecule has 0 aromatic carbocycles. The summed E-state index contributed by atoms with van der Waals surface area (Å²) in [4.78, 5) is 26.0. The smallest absolute Gasteiger partial charge is 0.225 e. The van der Waals surface area contributed by atoms with Gasteiger partial charge in [-0.05, 0) is 18.1 Å². The number of furan rings is 1. The summed E-state index contributed by atoms with van der Waals surface area (Å²) in [5.74, 6) is 0.350. The number of aliphatic hydroxyl groups is 1. The number of carbonyl (C=O) groups excluding carboxylic acids is 2. The molecule has 1 aromatic rings. The molecule has 1 aliphatic rings. The van der Waals surface area contributed by atoms with Gasteiger partial charge in [-0.25, -0.2) is 0 Å². The molecule has 0 radical (unpaired) electrons. The van der Waals surface area contributed by atoms with Gasteiger partial charge in [0.1, 0.15) is 5.76 Å². The molecular weight excluding hydrogens is 284 g/mol. The maximum atomic E-state index is 12.3. The van der Waals surface area contributed by atoms with E-state index in [4.69, 9.17) is 4.42 Å². The predicted octanol–water partition coefficient (Wildman–Crippen LogP) is 1.15. The molecule has 1 fully saturated rings. The Labute approximate surface area is 130 Å². The second-order valence-electron chi connectivity index (χ2n) is 5.94. The number of hydrogen-bond acceptors (Lipinski definition) is 4. The van der Waals surface area contributed by atoms with Gasteiger partial charge in [0, 0.05) is 13.0 Å². The normalized spacial score (nSPS) is 21.0. The van der Waals surface area contributed by atoms with E-state index >= 15 is 0 Å². The number of nitrogens with zero attached hydrogens (tertiary/aromatic N) is 1.